The fourth-order valence-electron chi connectivity index (χ4n) is 3.06. The Kier molecular flexibility index (Phi) is 6.42. The summed E-state index contributed by atoms with van der Waals surface area (Å²) in [6.07, 6.45) is -3.54. The summed E-state index contributed by atoms with van der Waals surface area (Å²) in [5.41, 5.74) is 5.69. The van der Waals surface area contributed by atoms with Gasteiger partial charge in [0.15, 0.2) is 11.8 Å². The van der Waals surface area contributed by atoms with E-state index < -0.39 is 53.4 Å². The van der Waals surface area contributed by atoms with E-state index >= 15 is 0 Å². The molecule has 1 fully saturated rings. The van der Waals surface area contributed by atoms with Crippen molar-refractivity contribution < 1.29 is 57.6 Å². The van der Waals surface area contributed by atoms with Crippen molar-refractivity contribution in [3.05, 3.63) is 6.33 Å². The Morgan fingerprint density at radius 3 is 2.60 bits per heavy atom. The highest BCUT2D eigenvalue weighted by atomic mass is 31.3. The number of nitrogens with zero attached hydrogens (tertiary/aromatic N) is 4. The molecule has 168 valence electrons. The van der Waals surface area contributed by atoms with E-state index in [1.807, 2.05) is 0 Å². The second-order valence-corrected chi connectivity index (χ2v) is 8.98. The number of rotatable bonds is 7. The van der Waals surface area contributed by atoms with Crippen molar-refractivity contribution in [2.75, 3.05) is 19.5 Å². The van der Waals surface area contributed by atoms with Crippen LogP contribution in [-0.4, -0.2) is 56.6 Å². The number of aromatic nitrogens is 4. The van der Waals surface area contributed by atoms with Gasteiger partial charge in [0.25, 0.3) is 14.1 Å². The van der Waals surface area contributed by atoms with Crippen LogP contribution in [-0.2, 0) is 25.4 Å². The van der Waals surface area contributed by atoms with Crippen LogP contribution < -0.4 is 35.0 Å². The third-order valence-electron chi connectivity index (χ3n) is 4.21. The average Bonchev–Trinajstić information content (AvgIpc) is 3.07. The second kappa shape index (κ2) is 8.27. The monoisotopic (exact) mass is 469 g/mol. The summed E-state index contributed by atoms with van der Waals surface area (Å²) >= 11 is 0. The lowest BCUT2D eigenvalue weighted by Crippen LogP contribution is -2.46. The standard InChI is InChI=1S/C12H19N5O11P2/c1-16-4-17(9-6(16)10(19)15-12(13)14-9)11-8(25-2)7(18)5(27-11)3-26-30(23,24)28-29(20,21)22/h4-5,7-8,11,18H,3H2,1-2H3,(H5-,13,14,15,19,20,21,22,23,24)/p-2/t5-,7-,8-,11-/m1/s1. The van der Waals surface area contributed by atoms with E-state index in [1.54, 1.807) is 0 Å². The van der Waals surface area contributed by atoms with Crippen molar-refractivity contribution in [2.24, 2.45) is 7.05 Å². The molecule has 16 nitrogen and oxygen atoms in total. The molecule has 4 atom stereocenters. The van der Waals surface area contributed by atoms with Crippen LogP contribution in [0.4, 0.5) is 5.95 Å². The van der Waals surface area contributed by atoms with Crippen molar-refractivity contribution in [1.82, 2.24) is 14.5 Å². The molecule has 0 saturated carbocycles. The van der Waals surface area contributed by atoms with Crippen LogP contribution in [0.25, 0.3) is 11.2 Å². The Bertz CT molecular complexity index is 922. The molecule has 0 radical (unpaired) electrons. The zero-order valence-electron chi connectivity index (χ0n) is 15.4. The first-order valence-electron chi connectivity index (χ1n) is 8.10. The van der Waals surface area contributed by atoms with Gasteiger partial charge in [0, 0.05) is 13.0 Å². The second-order valence-electron chi connectivity index (χ2n) is 6.24. The highest BCUT2D eigenvalue weighted by Crippen LogP contribution is 2.57. The highest BCUT2D eigenvalue weighted by molar-refractivity contribution is 7.64. The number of aliphatic hydroxyl groups is 1. The molecule has 0 aromatic carbocycles. The molecule has 0 unspecified atom stereocenters. The van der Waals surface area contributed by atoms with Crippen molar-refractivity contribution in [2.45, 2.75) is 24.5 Å². The van der Waals surface area contributed by atoms with Crippen LogP contribution in [0.2, 0.25) is 0 Å². The van der Waals surface area contributed by atoms with Gasteiger partial charge in [0.2, 0.25) is 14.4 Å². The fraction of sp³-hybridized carbons (Fsp3) is 0.583. The van der Waals surface area contributed by atoms with Gasteiger partial charge in [0.1, 0.15) is 24.9 Å². The van der Waals surface area contributed by atoms with Gasteiger partial charge < -0.3 is 45.0 Å². The predicted molar refractivity (Wildman–Crippen MR) is 86.4 cm³/mol. The summed E-state index contributed by atoms with van der Waals surface area (Å²) in [4.78, 5) is 60.1. The van der Waals surface area contributed by atoms with Crippen molar-refractivity contribution in [1.29, 1.82) is 0 Å². The molecule has 0 spiro atoms. The lowest BCUT2D eigenvalue weighted by atomic mass is 10.1. The Hall–Kier alpha value is -1.39. The molecule has 1 aliphatic heterocycles. The number of hydrogen-bond donors (Lipinski definition) is 3. The molecular formula is C12H17N5O11P2-2. The summed E-state index contributed by atoms with van der Waals surface area (Å²) in [5, 5.41) is 22.5. The van der Waals surface area contributed by atoms with Crippen LogP contribution >= 0.6 is 16.3 Å². The Morgan fingerprint density at radius 2 is 2.00 bits per heavy atom. The number of phosphoric ester groups is 1. The molecule has 1 aliphatic rings. The number of anilines is 1. The number of nitrogens with two attached hydrogens (primary N) is 1. The summed E-state index contributed by atoms with van der Waals surface area (Å²) in [7, 11) is -8.29. The number of aryl methyl sites for hydroxylation is 1. The molecule has 2 aromatic rings. The van der Waals surface area contributed by atoms with Crippen LogP contribution in [0.3, 0.4) is 0 Å². The van der Waals surface area contributed by atoms with Gasteiger partial charge in [-0.05, 0) is 0 Å². The van der Waals surface area contributed by atoms with Crippen LogP contribution in [0.1, 0.15) is 6.23 Å². The van der Waals surface area contributed by atoms with E-state index in [0.717, 1.165) is 0 Å². The molecular weight excluding hydrogens is 452 g/mol. The Balaban J connectivity index is 1.85. The molecule has 30 heavy (non-hydrogen) atoms. The number of hydrogen-bond acceptors (Lipinski definition) is 14. The molecule has 18 heteroatoms. The fourth-order valence-corrected chi connectivity index (χ4v) is 4.59. The minimum atomic E-state index is -5.62. The van der Waals surface area contributed by atoms with Crippen LogP contribution in [0, 0.1) is 0 Å². The summed E-state index contributed by atoms with van der Waals surface area (Å²) in [6, 6.07) is 0. The first kappa shape index (κ1) is 23.3. The van der Waals surface area contributed by atoms with Crippen molar-refractivity contribution in [3.63, 3.8) is 0 Å². The topological polar surface area (TPSA) is 253 Å². The maximum Gasteiger partial charge on any atom is 0.309 e. The van der Waals surface area contributed by atoms with Crippen molar-refractivity contribution in [3.8, 4) is 5.88 Å². The number of ether oxygens (including phenoxy) is 2. The summed E-state index contributed by atoms with van der Waals surface area (Å²) in [6.45, 7) is -0.868. The molecule has 2 aromatic heterocycles. The normalized spacial score (nSPS) is 25.3. The molecule has 0 bridgehead atoms. The number of phosphoric acid groups is 2. The Labute approximate surface area is 169 Å². The largest absolute Gasteiger partial charge is 0.856 e. The van der Waals surface area contributed by atoms with E-state index in [4.69, 9.17) is 20.1 Å². The maximum atomic E-state index is 12.1. The first-order valence-corrected chi connectivity index (χ1v) is 11.1. The summed E-state index contributed by atoms with van der Waals surface area (Å²) < 4.78 is 21.4. The van der Waals surface area contributed by atoms with Gasteiger partial charge in [-0.25, -0.2) is 19.0 Å². The maximum absolute atomic E-state index is 12.1. The number of imidazole rings is 1. The molecule has 0 amide bonds. The predicted octanol–water partition coefficient (Wildman–Crippen LogP) is -5.99. The SMILES string of the molecule is CO[C@@H]1[C@H](O)[C@@H](CO[P+]([O-])([O-])O[P+]([O-])([O-])O)O[C@H]1[n+]1cn(C)c2c([O-])nc(N)nc21. The van der Waals surface area contributed by atoms with Gasteiger partial charge in [-0.3, -0.25) is 4.57 Å². The van der Waals surface area contributed by atoms with E-state index in [2.05, 4.69) is 18.8 Å². The van der Waals surface area contributed by atoms with Gasteiger partial charge in [0.05, 0.1) is 7.05 Å². The zero-order valence-corrected chi connectivity index (χ0v) is 17.2. The van der Waals surface area contributed by atoms with E-state index in [1.165, 1.54) is 29.6 Å². The molecule has 3 heterocycles. The van der Waals surface area contributed by atoms with Gasteiger partial charge in [-0.15, -0.1) is 0 Å². The molecule has 0 aliphatic carbocycles. The zero-order chi connectivity index (χ0) is 22.4. The number of fused-ring (bicyclic) bond motifs is 1. The minimum absolute atomic E-state index is 0.0706. The third-order valence-corrected chi connectivity index (χ3v) is 6.30. The van der Waals surface area contributed by atoms with Gasteiger partial charge in [-0.2, -0.15) is 0 Å². The van der Waals surface area contributed by atoms with E-state index in [0.29, 0.717) is 0 Å². The Morgan fingerprint density at radius 1 is 1.33 bits per heavy atom. The van der Waals surface area contributed by atoms with E-state index in [-0.39, 0.29) is 17.1 Å². The lowest BCUT2D eigenvalue weighted by molar-refractivity contribution is -0.746. The lowest BCUT2D eigenvalue weighted by Gasteiger charge is -2.35. The highest BCUT2D eigenvalue weighted by Gasteiger charge is 2.49. The van der Waals surface area contributed by atoms with Gasteiger partial charge in [-0.1, -0.05) is 9.29 Å². The van der Waals surface area contributed by atoms with E-state index in [9.17, 15) is 29.8 Å². The smallest absolute Gasteiger partial charge is 0.309 e. The average molecular weight is 469 g/mol. The number of methoxy groups -OCH3 is 1. The minimum Gasteiger partial charge on any atom is -0.856 e. The third kappa shape index (κ3) is 4.75. The van der Waals surface area contributed by atoms with Crippen molar-refractivity contribution >= 4 is 33.5 Å². The number of nitrogen functional groups attached to an aromatic ring is 1. The van der Waals surface area contributed by atoms with Crippen LogP contribution in [0.15, 0.2) is 6.33 Å². The van der Waals surface area contributed by atoms with Gasteiger partial charge >= 0.3 is 5.65 Å². The molecule has 3 rings (SSSR count). The number of aliphatic hydroxyl groups excluding tert-OH is 1. The molecule has 4 N–H and O–H groups in total. The van der Waals surface area contributed by atoms with Crippen LogP contribution in [0.5, 0.6) is 5.88 Å². The molecule has 1 saturated heterocycles. The summed E-state index contributed by atoms with van der Waals surface area (Å²) in [5.74, 6) is -0.947. The first-order chi connectivity index (χ1) is 13.8. The quantitative estimate of drug-likeness (QED) is 0.252.